The van der Waals surface area contributed by atoms with Crippen molar-refractivity contribution in [3.63, 3.8) is 0 Å². The summed E-state index contributed by atoms with van der Waals surface area (Å²) in [5, 5.41) is 14.6. The van der Waals surface area contributed by atoms with Gasteiger partial charge in [-0.15, -0.1) is 0 Å². The largest absolute Gasteiger partial charge is 0.380 e. The third-order valence-corrected chi connectivity index (χ3v) is 3.95. The van der Waals surface area contributed by atoms with Gasteiger partial charge in [-0.05, 0) is 46.1 Å². The summed E-state index contributed by atoms with van der Waals surface area (Å²) in [6, 6.07) is 10.5. The minimum atomic E-state index is -0.422. The van der Waals surface area contributed by atoms with E-state index in [9.17, 15) is 10.1 Å². The molecule has 20 heavy (non-hydrogen) atoms. The lowest BCUT2D eigenvalue weighted by atomic mass is 10.1. The quantitative estimate of drug-likeness (QED) is 0.625. The number of nitrogens with one attached hydrogen (secondary N) is 1. The molecule has 0 radical (unpaired) electrons. The van der Waals surface area contributed by atoms with Gasteiger partial charge in [-0.2, -0.15) is 0 Å². The molecular weight excluding hydrogens is 344 g/mol. The SMILES string of the molecule is Cc1ccc(CNc2ccc([N+](=O)[O-])cc2Br)cc1Cl. The number of rotatable bonds is 4. The van der Waals surface area contributed by atoms with Crippen LogP contribution in [-0.4, -0.2) is 4.92 Å². The highest BCUT2D eigenvalue weighted by atomic mass is 79.9. The topological polar surface area (TPSA) is 55.2 Å². The molecule has 4 nitrogen and oxygen atoms in total. The van der Waals surface area contributed by atoms with Crippen molar-refractivity contribution in [3.8, 4) is 0 Å². The molecule has 0 fully saturated rings. The van der Waals surface area contributed by atoms with E-state index in [-0.39, 0.29) is 5.69 Å². The van der Waals surface area contributed by atoms with Crippen LogP contribution in [0, 0.1) is 17.0 Å². The van der Waals surface area contributed by atoms with E-state index in [1.165, 1.54) is 12.1 Å². The van der Waals surface area contributed by atoms with Crippen molar-refractivity contribution < 1.29 is 4.92 Å². The smallest absolute Gasteiger partial charge is 0.270 e. The molecule has 0 saturated heterocycles. The zero-order chi connectivity index (χ0) is 14.7. The molecule has 0 aliphatic heterocycles. The average Bonchev–Trinajstić information content (AvgIpc) is 2.41. The lowest BCUT2D eigenvalue weighted by molar-refractivity contribution is -0.384. The Bertz CT molecular complexity index is 662. The molecule has 0 bridgehead atoms. The van der Waals surface area contributed by atoms with Crippen LogP contribution in [0.3, 0.4) is 0 Å². The fourth-order valence-corrected chi connectivity index (χ4v) is 2.41. The van der Waals surface area contributed by atoms with E-state index in [4.69, 9.17) is 11.6 Å². The number of nitro benzene ring substituents is 1. The second-order valence-corrected chi connectivity index (χ2v) is 5.62. The van der Waals surface area contributed by atoms with Crippen molar-refractivity contribution in [2.75, 3.05) is 5.32 Å². The molecule has 1 N–H and O–H groups in total. The van der Waals surface area contributed by atoms with Crippen molar-refractivity contribution in [1.29, 1.82) is 0 Å². The van der Waals surface area contributed by atoms with Crippen molar-refractivity contribution in [2.24, 2.45) is 0 Å². The van der Waals surface area contributed by atoms with Crippen LogP contribution in [0.2, 0.25) is 5.02 Å². The number of hydrogen-bond donors (Lipinski definition) is 1. The highest BCUT2D eigenvalue weighted by Crippen LogP contribution is 2.27. The number of benzene rings is 2. The van der Waals surface area contributed by atoms with Crippen molar-refractivity contribution in [2.45, 2.75) is 13.5 Å². The number of non-ortho nitro benzene ring substituents is 1. The molecule has 104 valence electrons. The van der Waals surface area contributed by atoms with Crippen LogP contribution in [-0.2, 0) is 6.54 Å². The summed E-state index contributed by atoms with van der Waals surface area (Å²) in [4.78, 5) is 10.2. The van der Waals surface area contributed by atoms with Crippen LogP contribution < -0.4 is 5.32 Å². The maximum absolute atomic E-state index is 10.7. The van der Waals surface area contributed by atoms with Gasteiger partial charge in [-0.3, -0.25) is 10.1 Å². The van der Waals surface area contributed by atoms with Crippen LogP contribution in [0.4, 0.5) is 11.4 Å². The van der Waals surface area contributed by atoms with Gasteiger partial charge in [-0.1, -0.05) is 23.7 Å². The van der Waals surface area contributed by atoms with E-state index in [1.807, 2.05) is 25.1 Å². The molecule has 0 unspecified atom stereocenters. The molecule has 0 saturated carbocycles. The Morgan fingerprint density at radius 2 is 2.05 bits per heavy atom. The zero-order valence-electron chi connectivity index (χ0n) is 10.7. The Balaban J connectivity index is 2.10. The molecule has 2 rings (SSSR count). The molecule has 0 spiro atoms. The lowest BCUT2D eigenvalue weighted by Gasteiger charge is -2.09. The van der Waals surface area contributed by atoms with Crippen LogP contribution in [0.1, 0.15) is 11.1 Å². The molecule has 0 atom stereocenters. The molecule has 0 amide bonds. The first-order valence-electron chi connectivity index (χ1n) is 5.90. The van der Waals surface area contributed by atoms with Gasteiger partial charge in [0.2, 0.25) is 0 Å². The highest BCUT2D eigenvalue weighted by Gasteiger charge is 2.08. The first kappa shape index (κ1) is 14.8. The third kappa shape index (κ3) is 3.49. The normalized spacial score (nSPS) is 10.3. The summed E-state index contributed by atoms with van der Waals surface area (Å²) >= 11 is 9.39. The standard InChI is InChI=1S/C14H12BrClN2O2/c1-9-2-3-10(6-13(9)16)8-17-14-5-4-11(18(19)20)7-12(14)15/h2-7,17H,8H2,1H3. The van der Waals surface area contributed by atoms with Crippen LogP contribution in [0.5, 0.6) is 0 Å². The summed E-state index contributed by atoms with van der Waals surface area (Å²) in [5.74, 6) is 0. The first-order chi connectivity index (χ1) is 9.47. The van der Waals surface area contributed by atoms with Crippen LogP contribution in [0.15, 0.2) is 40.9 Å². The minimum absolute atomic E-state index is 0.0563. The molecule has 0 heterocycles. The van der Waals surface area contributed by atoms with E-state index in [1.54, 1.807) is 6.07 Å². The Hall–Kier alpha value is -1.59. The van der Waals surface area contributed by atoms with Gasteiger partial charge in [0.1, 0.15) is 0 Å². The predicted molar refractivity (Wildman–Crippen MR) is 84.3 cm³/mol. The van der Waals surface area contributed by atoms with Crippen molar-refractivity contribution in [1.82, 2.24) is 0 Å². The minimum Gasteiger partial charge on any atom is -0.380 e. The molecule has 2 aromatic carbocycles. The second kappa shape index (κ2) is 6.24. The van der Waals surface area contributed by atoms with Gasteiger partial charge in [0, 0.05) is 33.9 Å². The number of aryl methyl sites for hydroxylation is 1. The average molecular weight is 356 g/mol. The summed E-state index contributed by atoms with van der Waals surface area (Å²) in [6.07, 6.45) is 0. The Morgan fingerprint density at radius 1 is 1.30 bits per heavy atom. The number of anilines is 1. The first-order valence-corrected chi connectivity index (χ1v) is 7.07. The Morgan fingerprint density at radius 3 is 2.65 bits per heavy atom. The summed E-state index contributed by atoms with van der Waals surface area (Å²) < 4.78 is 0.657. The van der Waals surface area contributed by atoms with Crippen LogP contribution in [0.25, 0.3) is 0 Å². The van der Waals surface area contributed by atoms with Gasteiger partial charge >= 0.3 is 0 Å². The number of hydrogen-bond acceptors (Lipinski definition) is 3. The maximum atomic E-state index is 10.7. The van der Waals surface area contributed by atoms with Gasteiger partial charge in [-0.25, -0.2) is 0 Å². The van der Waals surface area contributed by atoms with E-state index >= 15 is 0 Å². The fourth-order valence-electron chi connectivity index (χ4n) is 1.70. The van der Waals surface area contributed by atoms with Gasteiger partial charge in [0.25, 0.3) is 5.69 Å². The second-order valence-electron chi connectivity index (χ2n) is 4.36. The Kier molecular flexibility index (Phi) is 4.62. The molecule has 0 aromatic heterocycles. The Labute approximate surface area is 130 Å². The maximum Gasteiger partial charge on any atom is 0.270 e. The molecular formula is C14H12BrClN2O2. The zero-order valence-corrected chi connectivity index (χ0v) is 13.0. The summed E-state index contributed by atoms with van der Waals surface area (Å²) in [5.41, 5.74) is 2.94. The van der Waals surface area contributed by atoms with Gasteiger partial charge in [0.05, 0.1) is 4.92 Å². The molecule has 6 heteroatoms. The monoisotopic (exact) mass is 354 g/mol. The fraction of sp³-hybridized carbons (Fsp3) is 0.143. The lowest BCUT2D eigenvalue weighted by Crippen LogP contribution is -2.00. The summed E-state index contributed by atoms with van der Waals surface area (Å²) in [7, 11) is 0. The predicted octanol–water partition coefficient (Wildman–Crippen LogP) is 4.93. The van der Waals surface area contributed by atoms with E-state index < -0.39 is 4.92 Å². The molecule has 0 aliphatic rings. The highest BCUT2D eigenvalue weighted by molar-refractivity contribution is 9.10. The summed E-state index contributed by atoms with van der Waals surface area (Å²) in [6.45, 7) is 2.54. The number of nitro groups is 1. The molecule has 2 aromatic rings. The molecule has 0 aliphatic carbocycles. The van der Waals surface area contributed by atoms with Gasteiger partial charge < -0.3 is 5.32 Å². The van der Waals surface area contributed by atoms with E-state index in [2.05, 4.69) is 21.2 Å². The third-order valence-electron chi connectivity index (χ3n) is 2.88. The van der Waals surface area contributed by atoms with Crippen molar-refractivity contribution in [3.05, 3.63) is 67.1 Å². The van der Waals surface area contributed by atoms with E-state index in [0.717, 1.165) is 21.8 Å². The van der Waals surface area contributed by atoms with E-state index in [0.29, 0.717) is 11.0 Å². The number of halogens is 2. The van der Waals surface area contributed by atoms with Crippen molar-refractivity contribution >= 4 is 38.9 Å². The van der Waals surface area contributed by atoms with Crippen LogP contribution >= 0.6 is 27.5 Å². The number of nitrogens with zero attached hydrogens (tertiary/aromatic N) is 1. The van der Waals surface area contributed by atoms with Gasteiger partial charge in [0.15, 0.2) is 0 Å².